The van der Waals surface area contributed by atoms with Gasteiger partial charge in [0.25, 0.3) is 0 Å². The van der Waals surface area contributed by atoms with E-state index in [0.29, 0.717) is 5.75 Å². The molecule has 13 heavy (non-hydrogen) atoms. The van der Waals surface area contributed by atoms with Crippen molar-refractivity contribution < 1.29 is 5.11 Å². The third-order valence-electron chi connectivity index (χ3n) is 2.42. The lowest BCUT2D eigenvalue weighted by molar-refractivity contribution is 0.471. The van der Waals surface area contributed by atoms with Gasteiger partial charge in [-0.25, -0.2) is 0 Å². The van der Waals surface area contributed by atoms with Gasteiger partial charge in [0.2, 0.25) is 0 Å². The molecule has 0 spiro atoms. The number of rotatable bonds is 1. The van der Waals surface area contributed by atoms with Crippen LogP contribution in [0.4, 0.5) is 5.69 Å². The quantitative estimate of drug-likeness (QED) is 0.715. The minimum absolute atomic E-state index is 0.396. The maximum absolute atomic E-state index is 9.83. The smallest absolute Gasteiger partial charge is 0.142 e. The highest BCUT2D eigenvalue weighted by molar-refractivity contribution is 5.67. The average Bonchev–Trinajstić information content (AvgIpc) is 2.01. The topological polar surface area (TPSA) is 23.5 Å². The fraction of sp³-hybridized carbons (Fsp3) is 0.455. The van der Waals surface area contributed by atoms with Crippen molar-refractivity contribution in [2.45, 2.75) is 20.8 Å². The Kier molecular flexibility index (Phi) is 2.50. The number of aromatic hydroxyl groups is 1. The normalized spacial score (nSPS) is 10.2. The minimum Gasteiger partial charge on any atom is -0.505 e. The molecule has 0 aliphatic heterocycles. The van der Waals surface area contributed by atoms with Gasteiger partial charge in [-0.15, -0.1) is 0 Å². The van der Waals surface area contributed by atoms with E-state index in [-0.39, 0.29) is 0 Å². The van der Waals surface area contributed by atoms with E-state index in [9.17, 15) is 5.11 Å². The standard InChI is InChI=1S/C11H17NO/c1-7-6-8(2)11(13)10(9(7)3)12(4)5/h6,13H,1-5H3. The summed E-state index contributed by atoms with van der Waals surface area (Å²) in [6.45, 7) is 6.02. The SMILES string of the molecule is Cc1cc(C)c(O)c(N(C)C)c1C. The average molecular weight is 179 g/mol. The Morgan fingerprint density at radius 3 is 2.08 bits per heavy atom. The molecule has 0 radical (unpaired) electrons. The van der Waals surface area contributed by atoms with Crippen LogP contribution in [-0.2, 0) is 0 Å². The van der Waals surface area contributed by atoms with Crippen molar-refractivity contribution in [3.05, 3.63) is 22.8 Å². The number of benzene rings is 1. The molecule has 2 nitrogen and oxygen atoms in total. The Morgan fingerprint density at radius 1 is 1.08 bits per heavy atom. The predicted octanol–water partition coefficient (Wildman–Crippen LogP) is 2.38. The molecule has 72 valence electrons. The summed E-state index contributed by atoms with van der Waals surface area (Å²) < 4.78 is 0. The number of hydrogen-bond acceptors (Lipinski definition) is 2. The van der Waals surface area contributed by atoms with Crippen LogP contribution in [0.1, 0.15) is 16.7 Å². The molecule has 0 bridgehead atoms. The molecule has 0 aliphatic rings. The summed E-state index contributed by atoms with van der Waals surface area (Å²) in [7, 11) is 3.89. The molecule has 2 heteroatoms. The summed E-state index contributed by atoms with van der Waals surface area (Å²) in [6, 6.07) is 2.01. The Morgan fingerprint density at radius 2 is 1.62 bits per heavy atom. The monoisotopic (exact) mass is 179 g/mol. The number of phenols is 1. The molecule has 1 N–H and O–H groups in total. The molecule has 0 amide bonds. The van der Waals surface area contributed by atoms with Gasteiger partial charge < -0.3 is 10.0 Å². The first kappa shape index (κ1) is 9.90. The molecular formula is C11H17NO. The molecule has 1 aromatic carbocycles. The van der Waals surface area contributed by atoms with Crippen LogP contribution in [0.25, 0.3) is 0 Å². The molecule has 0 saturated heterocycles. The van der Waals surface area contributed by atoms with Crippen LogP contribution in [0.15, 0.2) is 6.07 Å². The van der Waals surface area contributed by atoms with Gasteiger partial charge in [0.05, 0.1) is 5.69 Å². The molecule has 0 fully saturated rings. The maximum atomic E-state index is 9.83. The largest absolute Gasteiger partial charge is 0.505 e. The molecule has 0 unspecified atom stereocenters. The summed E-state index contributed by atoms with van der Waals surface area (Å²) in [5.74, 6) is 0.396. The molecule has 1 aromatic rings. The van der Waals surface area contributed by atoms with Gasteiger partial charge in [-0.1, -0.05) is 6.07 Å². The van der Waals surface area contributed by atoms with Gasteiger partial charge in [0, 0.05) is 14.1 Å². The summed E-state index contributed by atoms with van der Waals surface area (Å²) in [6.07, 6.45) is 0. The van der Waals surface area contributed by atoms with Gasteiger partial charge >= 0.3 is 0 Å². The van der Waals surface area contributed by atoms with Crippen LogP contribution in [0.2, 0.25) is 0 Å². The van der Waals surface area contributed by atoms with E-state index >= 15 is 0 Å². The summed E-state index contributed by atoms with van der Waals surface area (Å²) in [5, 5.41) is 9.83. The second kappa shape index (κ2) is 3.29. The van der Waals surface area contributed by atoms with Crippen molar-refractivity contribution in [1.29, 1.82) is 0 Å². The number of phenolic OH excluding ortho intramolecular Hbond substituents is 1. The second-order valence-electron chi connectivity index (χ2n) is 3.73. The zero-order chi connectivity index (χ0) is 10.2. The van der Waals surface area contributed by atoms with Gasteiger partial charge in [0.15, 0.2) is 0 Å². The molecule has 0 aromatic heterocycles. The molecule has 0 saturated carbocycles. The van der Waals surface area contributed by atoms with E-state index in [0.717, 1.165) is 16.8 Å². The van der Waals surface area contributed by atoms with E-state index in [1.165, 1.54) is 5.56 Å². The van der Waals surface area contributed by atoms with E-state index < -0.39 is 0 Å². The maximum Gasteiger partial charge on any atom is 0.142 e. The Bertz CT molecular complexity index is 303. The van der Waals surface area contributed by atoms with Crippen molar-refractivity contribution in [2.75, 3.05) is 19.0 Å². The van der Waals surface area contributed by atoms with Gasteiger partial charge in [-0.2, -0.15) is 0 Å². The highest BCUT2D eigenvalue weighted by Crippen LogP contribution is 2.34. The highest BCUT2D eigenvalue weighted by atomic mass is 16.3. The second-order valence-corrected chi connectivity index (χ2v) is 3.73. The Hall–Kier alpha value is -1.18. The molecule has 1 rings (SSSR count). The van der Waals surface area contributed by atoms with Gasteiger partial charge in [0.1, 0.15) is 5.75 Å². The number of anilines is 1. The Balaban J connectivity index is 3.46. The van der Waals surface area contributed by atoms with Crippen molar-refractivity contribution in [3.63, 3.8) is 0 Å². The van der Waals surface area contributed by atoms with E-state index in [4.69, 9.17) is 0 Å². The fourth-order valence-electron chi connectivity index (χ4n) is 1.60. The van der Waals surface area contributed by atoms with Crippen molar-refractivity contribution in [3.8, 4) is 5.75 Å². The Labute approximate surface area is 79.8 Å². The lowest BCUT2D eigenvalue weighted by atomic mass is 10.0. The van der Waals surface area contributed by atoms with Crippen LogP contribution in [0, 0.1) is 20.8 Å². The third kappa shape index (κ3) is 1.62. The van der Waals surface area contributed by atoms with Crippen LogP contribution in [-0.4, -0.2) is 19.2 Å². The zero-order valence-electron chi connectivity index (χ0n) is 8.97. The first-order chi connectivity index (χ1) is 5.95. The van der Waals surface area contributed by atoms with E-state index in [1.807, 2.05) is 38.9 Å². The first-order valence-corrected chi connectivity index (χ1v) is 4.42. The lowest BCUT2D eigenvalue weighted by Crippen LogP contribution is -2.11. The number of nitrogens with zero attached hydrogens (tertiary/aromatic N) is 1. The summed E-state index contributed by atoms with van der Waals surface area (Å²) in [5.41, 5.74) is 4.23. The predicted molar refractivity (Wildman–Crippen MR) is 56.6 cm³/mol. The zero-order valence-corrected chi connectivity index (χ0v) is 8.97. The lowest BCUT2D eigenvalue weighted by Gasteiger charge is -2.20. The molecule has 0 heterocycles. The van der Waals surface area contributed by atoms with Crippen LogP contribution in [0.3, 0.4) is 0 Å². The summed E-state index contributed by atoms with van der Waals surface area (Å²) in [4.78, 5) is 1.95. The third-order valence-corrected chi connectivity index (χ3v) is 2.42. The van der Waals surface area contributed by atoms with Crippen LogP contribution < -0.4 is 4.90 Å². The molecule has 0 aliphatic carbocycles. The molecule has 0 atom stereocenters. The minimum atomic E-state index is 0.396. The number of hydrogen-bond donors (Lipinski definition) is 1. The fourth-order valence-corrected chi connectivity index (χ4v) is 1.60. The molecular weight excluding hydrogens is 162 g/mol. The van der Waals surface area contributed by atoms with Crippen LogP contribution >= 0.6 is 0 Å². The van der Waals surface area contributed by atoms with Crippen molar-refractivity contribution in [2.24, 2.45) is 0 Å². The van der Waals surface area contributed by atoms with E-state index in [1.54, 1.807) is 0 Å². The van der Waals surface area contributed by atoms with Gasteiger partial charge in [-0.05, 0) is 37.5 Å². The van der Waals surface area contributed by atoms with Crippen molar-refractivity contribution in [1.82, 2.24) is 0 Å². The van der Waals surface area contributed by atoms with Gasteiger partial charge in [-0.3, -0.25) is 0 Å². The summed E-state index contributed by atoms with van der Waals surface area (Å²) >= 11 is 0. The van der Waals surface area contributed by atoms with E-state index in [2.05, 4.69) is 6.92 Å². The number of aryl methyl sites for hydroxylation is 2. The highest BCUT2D eigenvalue weighted by Gasteiger charge is 2.11. The van der Waals surface area contributed by atoms with Crippen molar-refractivity contribution >= 4 is 5.69 Å². The first-order valence-electron chi connectivity index (χ1n) is 4.42. The van der Waals surface area contributed by atoms with Crippen LogP contribution in [0.5, 0.6) is 5.75 Å².